The molecule has 0 aromatic carbocycles. The predicted octanol–water partition coefficient (Wildman–Crippen LogP) is 2.69. The van der Waals surface area contributed by atoms with Gasteiger partial charge in [0.1, 0.15) is 12.4 Å². The van der Waals surface area contributed by atoms with Crippen molar-refractivity contribution in [3.05, 3.63) is 17.7 Å². The second-order valence-electron chi connectivity index (χ2n) is 6.68. The Morgan fingerprint density at radius 2 is 2.09 bits per heavy atom. The first-order chi connectivity index (χ1) is 10.7. The summed E-state index contributed by atoms with van der Waals surface area (Å²) in [6.07, 6.45) is 8.81. The number of hydrogen-bond donors (Lipinski definition) is 0. The van der Waals surface area contributed by atoms with Crippen molar-refractivity contribution in [2.24, 2.45) is 5.92 Å². The molecule has 0 spiro atoms. The van der Waals surface area contributed by atoms with Crippen molar-refractivity contribution in [3.63, 3.8) is 0 Å². The van der Waals surface area contributed by atoms with E-state index in [2.05, 4.69) is 21.4 Å². The summed E-state index contributed by atoms with van der Waals surface area (Å²) in [6.45, 7) is 4.31. The normalized spacial score (nSPS) is 23.2. The van der Waals surface area contributed by atoms with E-state index in [0.717, 1.165) is 43.9 Å². The Kier molecular flexibility index (Phi) is 4.81. The number of nitrogens with zero attached hydrogens (tertiary/aromatic N) is 3. The highest BCUT2D eigenvalue weighted by molar-refractivity contribution is 5.79. The molecule has 1 saturated carbocycles. The number of amides is 1. The molecule has 1 unspecified atom stereocenters. The van der Waals surface area contributed by atoms with Gasteiger partial charge < -0.3 is 14.2 Å². The maximum atomic E-state index is 12.7. The second-order valence-corrected chi connectivity index (χ2v) is 6.68. The van der Waals surface area contributed by atoms with Gasteiger partial charge in [-0.1, -0.05) is 19.3 Å². The van der Waals surface area contributed by atoms with Gasteiger partial charge >= 0.3 is 0 Å². The van der Waals surface area contributed by atoms with E-state index in [1.165, 1.54) is 19.3 Å². The van der Waals surface area contributed by atoms with Gasteiger partial charge in [0.2, 0.25) is 5.91 Å². The van der Waals surface area contributed by atoms with Crippen LogP contribution in [0.2, 0.25) is 0 Å². The number of aryl methyl sites for hydroxylation is 1. The Morgan fingerprint density at radius 3 is 2.82 bits per heavy atom. The first-order valence-electron chi connectivity index (χ1n) is 8.51. The van der Waals surface area contributed by atoms with Crippen LogP contribution in [0.4, 0.5) is 0 Å². The lowest BCUT2D eigenvalue weighted by Gasteiger charge is -2.26. The summed E-state index contributed by atoms with van der Waals surface area (Å²) < 4.78 is 7.51. The van der Waals surface area contributed by atoms with Crippen LogP contribution in [0, 0.1) is 12.8 Å². The molecule has 2 aliphatic rings. The first kappa shape index (κ1) is 15.5. The van der Waals surface area contributed by atoms with Gasteiger partial charge in [0.05, 0.1) is 6.04 Å². The number of hydrogen-bond acceptors (Lipinski definition) is 3. The molecule has 5 nitrogen and oxygen atoms in total. The van der Waals surface area contributed by atoms with Gasteiger partial charge in [0, 0.05) is 38.0 Å². The van der Waals surface area contributed by atoms with E-state index in [0.29, 0.717) is 18.6 Å². The zero-order valence-corrected chi connectivity index (χ0v) is 13.8. The molecule has 1 aliphatic carbocycles. The van der Waals surface area contributed by atoms with Gasteiger partial charge in [-0.05, 0) is 26.2 Å². The van der Waals surface area contributed by atoms with Crippen molar-refractivity contribution < 1.29 is 9.53 Å². The molecule has 0 N–H and O–H groups in total. The van der Waals surface area contributed by atoms with Crippen LogP contribution in [-0.2, 0) is 16.1 Å². The van der Waals surface area contributed by atoms with E-state index >= 15 is 0 Å². The molecule has 2 fully saturated rings. The number of methoxy groups -OCH3 is 1. The van der Waals surface area contributed by atoms with Crippen molar-refractivity contribution in [1.29, 1.82) is 0 Å². The van der Waals surface area contributed by atoms with Crippen molar-refractivity contribution in [1.82, 2.24) is 14.5 Å². The van der Waals surface area contributed by atoms with Crippen molar-refractivity contribution in [2.45, 2.75) is 58.1 Å². The van der Waals surface area contributed by atoms with Gasteiger partial charge in [-0.15, -0.1) is 0 Å². The quantitative estimate of drug-likeness (QED) is 0.859. The second kappa shape index (κ2) is 6.82. The molecular weight excluding hydrogens is 278 g/mol. The SMILES string of the molecule is COCc1ncc(C)n1C1CCN(C(=O)C2CCCCC2)C1. The van der Waals surface area contributed by atoms with Crippen LogP contribution < -0.4 is 0 Å². The molecule has 3 rings (SSSR count). The number of ether oxygens (including phenoxy) is 1. The minimum Gasteiger partial charge on any atom is -0.377 e. The third-order valence-electron chi connectivity index (χ3n) is 5.13. The van der Waals surface area contributed by atoms with Gasteiger partial charge in [-0.2, -0.15) is 0 Å². The van der Waals surface area contributed by atoms with Crippen LogP contribution in [0.1, 0.15) is 56.1 Å². The predicted molar refractivity (Wildman–Crippen MR) is 84.5 cm³/mol. The maximum absolute atomic E-state index is 12.7. The summed E-state index contributed by atoms with van der Waals surface area (Å²) in [6, 6.07) is 0.347. The molecule has 22 heavy (non-hydrogen) atoms. The highest BCUT2D eigenvalue weighted by Crippen LogP contribution is 2.30. The zero-order chi connectivity index (χ0) is 15.5. The Balaban J connectivity index is 1.67. The standard InChI is InChI=1S/C17H27N3O2/c1-13-10-18-16(12-22-2)20(13)15-8-9-19(11-15)17(21)14-6-4-3-5-7-14/h10,14-15H,3-9,11-12H2,1-2H3. The van der Waals surface area contributed by atoms with Gasteiger partial charge in [0.25, 0.3) is 0 Å². The van der Waals surface area contributed by atoms with E-state index in [-0.39, 0.29) is 5.92 Å². The number of rotatable bonds is 4. The largest absolute Gasteiger partial charge is 0.377 e. The minimum absolute atomic E-state index is 0.273. The highest BCUT2D eigenvalue weighted by atomic mass is 16.5. The van der Waals surface area contributed by atoms with Crippen LogP contribution in [0.25, 0.3) is 0 Å². The molecule has 1 aliphatic heterocycles. The third-order valence-corrected chi connectivity index (χ3v) is 5.13. The summed E-state index contributed by atoms with van der Waals surface area (Å²) in [5.74, 6) is 1.63. The molecule has 1 aromatic rings. The Hall–Kier alpha value is -1.36. The first-order valence-corrected chi connectivity index (χ1v) is 8.51. The molecule has 122 valence electrons. The topological polar surface area (TPSA) is 47.4 Å². The number of carbonyl (C=O) groups excluding carboxylic acids is 1. The third kappa shape index (κ3) is 3.05. The van der Waals surface area contributed by atoms with Crippen LogP contribution in [0.15, 0.2) is 6.20 Å². The average molecular weight is 305 g/mol. The van der Waals surface area contributed by atoms with Crippen molar-refractivity contribution >= 4 is 5.91 Å². The molecule has 2 heterocycles. The maximum Gasteiger partial charge on any atom is 0.225 e. The van der Waals surface area contributed by atoms with E-state index in [1.807, 2.05) is 6.20 Å². The number of imidazole rings is 1. The number of likely N-dealkylation sites (tertiary alicyclic amines) is 1. The van der Waals surface area contributed by atoms with Gasteiger partial charge in [0.15, 0.2) is 0 Å². The van der Waals surface area contributed by atoms with Crippen LogP contribution >= 0.6 is 0 Å². The molecule has 1 atom stereocenters. The van der Waals surface area contributed by atoms with Gasteiger partial charge in [-0.25, -0.2) is 4.98 Å². The van der Waals surface area contributed by atoms with Crippen LogP contribution in [0.5, 0.6) is 0 Å². The van der Waals surface area contributed by atoms with E-state index in [4.69, 9.17) is 4.74 Å². The molecular formula is C17H27N3O2. The monoisotopic (exact) mass is 305 g/mol. The molecule has 1 saturated heterocycles. The summed E-state index contributed by atoms with van der Waals surface area (Å²) in [4.78, 5) is 19.2. The lowest BCUT2D eigenvalue weighted by Crippen LogP contribution is -2.35. The van der Waals surface area contributed by atoms with Crippen molar-refractivity contribution in [2.75, 3.05) is 20.2 Å². The van der Waals surface area contributed by atoms with E-state index in [1.54, 1.807) is 7.11 Å². The highest BCUT2D eigenvalue weighted by Gasteiger charge is 2.33. The lowest BCUT2D eigenvalue weighted by molar-refractivity contribution is -0.135. The summed E-state index contributed by atoms with van der Waals surface area (Å²) in [5, 5.41) is 0. The Morgan fingerprint density at radius 1 is 1.32 bits per heavy atom. The van der Waals surface area contributed by atoms with E-state index < -0.39 is 0 Å². The van der Waals surface area contributed by atoms with Crippen LogP contribution in [-0.4, -0.2) is 40.6 Å². The average Bonchev–Trinajstić information content (AvgIpc) is 3.15. The summed E-state index contributed by atoms with van der Waals surface area (Å²) >= 11 is 0. The molecule has 1 aromatic heterocycles. The van der Waals surface area contributed by atoms with Crippen LogP contribution in [0.3, 0.4) is 0 Å². The Bertz CT molecular complexity index is 520. The fourth-order valence-corrected chi connectivity index (χ4v) is 3.99. The zero-order valence-electron chi connectivity index (χ0n) is 13.8. The molecule has 5 heteroatoms. The number of carbonyl (C=O) groups is 1. The molecule has 1 amide bonds. The van der Waals surface area contributed by atoms with Gasteiger partial charge in [-0.3, -0.25) is 4.79 Å². The fraction of sp³-hybridized carbons (Fsp3) is 0.765. The van der Waals surface area contributed by atoms with E-state index in [9.17, 15) is 4.79 Å². The summed E-state index contributed by atoms with van der Waals surface area (Å²) in [5.41, 5.74) is 1.16. The molecule has 0 bridgehead atoms. The Labute approximate surface area is 132 Å². The lowest BCUT2D eigenvalue weighted by atomic mass is 9.88. The summed E-state index contributed by atoms with van der Waals surface area (Å²) in [7, 11) is 1.70. The fourth-order valence-electron chi connectivity index (χ4n) is 3.99. The number of aromatic nitrogens is 2. The minimum atomic E-state index is 0.273. The smallest absolute Gasteiger partial charge is 0.225 e. The van der Waals surface area contributed by atoms with Crippen molar-refractivity contribution in [3.8, 4) is 0 Å². The molecule has 0 radical (unpaired) electrons.